The van der Waals surface area contributed by atoms with Crippen molar-refractivity contribution in [1.29, 1.82) is 0 Å². The van der Waals surface area contributed by atoms with Crippen LogP contribution in [0, 0.1) is 5.82 Å². The summed E-state index contributed by atoms with van der Waals surface area (Å²) < 4.78 is 25.3. The molecule has 0 aliphatic carbocycles. The van der Waals surface area contributed by atoms with Crippen LogP contribution in [0.2, 0.25) is 0 Å². The third-order valence-corrected chi connectivity index (χ3v) is 4.87. The Morgan fingerprint density at radius 1 is 0.935 bits per heavy atom. The standard InChI is InChI=1S/C25H17FN2O3/c26-21-8-4-3-7-20(21)25-28-22-14-18(10-12-23(22)31-25)27-24(29)15-30-19-11-9-16-5-1-2-6-17(16)13-19/h1-14H,15H2,(H,27,29). The molecule has 152 valence electrons. The minimum absolute atomic E-state index is 0.129. The number of hydrogen-bond acceptors (Lipinski definition) is 4. The number of rotatable bonds is 5. The Morgan fingerprint density at radius 2 is 1.74 bits per heavy atom. The molecule has 4 aromatic carbocycles. The largest absolute Gasteiger partial charge is 0.484 e. The Bertz CT molecular complexity index is 1410. The van der Waals surface area contributed by atoms with E-state index in [0.717, 1.165) is 10.8 Å². The molecule has 0 aliphatic rings. The molecule has 0 unspecified atom stereocenters. The van der Waals surface area contributed by atoms with E-state index in [9.17, 15) is 9.18 Å². The third kappa shape index (κ3) is 3.96. The molecule has 1 heterocycles. The van der Waals surface area contributed by atoms with Crippen molar-refractivity contribution >= 4 is 33.5 Å². The highest BCUT2D eigenvalue weighted by Crippen LogP contribution is 2.28. The van der Waals surface area contributed by atoms with Crippen LogP contribution in [0.25, 0.3) is 33.3 Å². The van der Waals surface area contributed by atoms with Crippen LogP contribution in [0.5, 0.6) is 5.75 Å². The Kier molecular flexibility index (Phi) is 4.80. The molecular weight excluding hydrogens is 395 g/mol. The lowest BCUT2D eigenvalue weighted by Crippen LogP contribution is -2.20. The van der Waals surface area contributed by atoms with E-state index in [1.807, 2.05) is 42.5 Å². The number of nitrogens with zero attached hydrogens (tertiary/aromatic N) is 1. The zero-order valence-electron chi connectivity index (χ0n) is 16.3. The number of halogens is 1. The van der Waals surface area contributed by atoms with Gasteiger partial charge in [-0.3, -0.25) is 4.79 Å². The first-order chi connectivity index (χ1) is 15.2. The van der Waals surface area contributed by atoms with Gasteiger partial charge in [-0.25, -0.2) is 9.37 Å². The van der Waals surface area contributed by atoms with E-state index in [2.05, 4.69) is 10.3 Å². The summed E-state index contributed by atoms with van der Waals surface area (Å²) >= 11 is 0. The zero-order chi connectivity index (χ0) is 21.2. The van der Waals surface area contributed by atoms with Gasteiger partial charge in [0.05, 0.1) is 5.56 Å². The van der Waals surface area contributed by atoms with Crippen molar-refractivity contribution < 1.29 is 18.3 Å². The van der Waals surface area contributed by atoms with Gasteiger partial charge >= 0.3 is 0 Å². The average Bonchev–Trinajstić information content (AvgIpc) is 3.21. The number of oxazole rings is 1. The van der Waals surface area contributed by atoms with Crippen LogP contribution >= 0.6 is 0 Å². The van der Waals surface area contributed by atoms with Crippen LogP contribution in [0.1, 0.15) is 0 Å². The van der Waals surface area contributed by atoms with Crippen LogP contribution in [-0.2, 0) is 4.79 Å². The van der Waals surface area contributed by atoms with Crippen molar-refractivity contribution in [2.75, 3.05) is 11.9 Å². The predicted octanol–water partition coefficient (Wildman–Crippen LogP) is 5.80. The van der Waals surface area contributed by atoms with E-state index in [1.54, 1.807) is 36.4 Å². The van der Waals surface area contributed by atoms with Gasteiger partial charge in [0, 0.05) is 5.69 Å². The molecule has 5 aromatic rings. The number of amides is 1. The van der Waals surface area contributed by atoms with Gasteiger partial charge in [0.15, 0.2) is 12.2 Å². The maximum atomic E-state index is 14.0. The van der Waals surface area contributed by atoms with Crippen molar-refractivity contribution in [2.45, 2.75) is 0 Å². The van der Waals surface area contributed by atoms with Crippen molar-refractivity contribution in [1.82, 2.24) is 4.98 Å². The van der Waals surface area contributed by atoms with Crippen LogP contribution < -0.4 is 10.1 Å². The smallest absolute Gasteiger partial charge is 0.262 e. The normalized spacial score (nSPS) is 11.0. The highest BCUT2D eigenvalue weighted by molar-refractivity contribution is 5.94. The van der Waals surface area contributed by atoms with Gasteiger partial charge in [-0.1, -0.05) is 42.5 Å². The fourth-order valence-corrected chi connectivity index (χ4v) is 3.36. The Hall–Kier alpha value is -4.19. The van der Waals surface area contributed by atoms with Crippen LogP contribution in [-0.4, -0.2) is 17.5 Å². The van der Waals surface area contributed by atoms with Crippen LogP contribution in [0.4, 0.5) is 10.1 Å². The molecule has 0 fully saturated rings. The molecule has 1 aromatic heterocycles. The highest BCUT2D eigenvalue weighted by Gasteiger charge is 2.13. The third-order valence-electron chi connectivity index (χ3n) is 4.87. The number of fused-ring (bicyclic) bond motifs is 2. The van der Waals surface area contributed by atoms with Gasteiger partial charge < -0.3 is 14.5 Å². The lowest BCUT2D eigenvalue weighted by Gasteiger charge is -2.08. The summed E-state index contributed by atoms with van der Waals surface area (Å²) in [5, 5.41) is 4.93. The predicted molar refractivity (Wildman–Crippen MR) is 117 cm³/mol. The second kappa shape index (κ2) is 7.91. The maximum absolute atomic E-state index is 14.0. The summed E-state index contributed by atoms with van der Waals surface area (Å²) in [4.78, 5) is 16.7. The first-order valence-corrected chi connectivity index (χ1v) is 9.73. The van der Waals surface area contributed by atoms with Gasteiger partial charge in [0.25, 0.3) is 5.91 Å². The minimum Gasteiger partial charge on any atom is -0.484 e. The molecule has 0 radical (unpaired) electrons. The molecule has 1 N–H and O–H groups in total. The molecule has 1 amide bonds. The van der Waals surface area contributed by atoms with Crippen molar-refractivity contribution in [3.8, 4) is 17.2 Å². The maximum Gasteiger partial charge on any atom is 0.262 e. The number of anilines is 1. The van der Waals surface area contributed by atoms with Crippen molar-refractivity contribution in [2.24, 2.45) is 0 Å². The first kappa shape index (κ1) is 18.8. The number of carbonyl (C=O) groups is 1. The summed E-state index contributed by atoms with van der Waals surface area (Å²) in [6.45, 7) is -0.129. The van der Waals surface area contributed by atoms with Crippen LogP contribution in [0.15, 0.2) is 89.3 Å². The molecule has 5 rings (SSSR count). The van der Waals surface area contributed by atoms with E-state index in [1.165, 1.54) is 6.07 Å². The first-order valence-electron chi connectivity index (χ1n) is 9.73. The summed E-state index contributed by atoms with van der Waals surface area (Å²) in [7, 11) is 0. The Morgan fingerprint density at radius 3 is 2.61 bits per heavy atom. The minimum atomic E-state index is -0.409. The number of ether oxygens (including phenoxy) is 1. The molecule has 6 heteroatoms. The van der Waals surface area contributed by atoms with E-state index in [-0.39, 0.29) is 24.0 Å². The van der Waals surface area contributed by atoms with Gasteiger partial charge in [-0.15, -0.1) is 0 Å². The van der Waals surface area contributed by atoms with Crippen molar-refractivity contribution in [3.05, 3.63) is 90.7 Å². The lowest BCUT2D eigenvalue weighted by molar-refractivity contribution is -0.118. The van der Waals surface area contributed by atoms with Gasteiger partial charge in [-0.2, -0.15) is 0 Å². The molecule has 0 atom stereocenters. The number of hydrogen-bond donors (Lipinski definition) is 1. The van der Waals surface area contributed by atoms with Crippen LogP contribution in [0.3, 0.4) is 0 Å². The van der Waals surface area contributed by atoms with E-state index in [0.29, 0.717) is 22.5 Å². The van der Waals surface area contributed by atoms with E-state index >= 15 is 0 Å². The number of nitrogens with one attached hydrogen (secondary N) is 1. The second-order valence-electron chi connectivity index (χ2n) is 7.03. The lowest BCUT2D eigenvalue weighted by atomic mass is 10.1. The molecule has 0 aliphatic heterocycles. The topological polar surface area (TPSA) is 64.4 Å². The summed E-state index contributed by atoms with van der Waals surface area (Å²) in [6.07, 6.45) is 0. The summed E-state index contributed by atoms with van der Waals surface area (Å²) in [5.41, 5.74) is 1.86. The fraction of sp³-hybridized carbons (Fsp3) is 0.0400. The SMILES string of the molecule is O=C(COc1ccc2ccccc2c1)Nc1ccc2oc(-c3ccccc3F)nc2c1. The monoisotopic (exact) mass is 412 g/mol. The molecular formula is C25H17FN2O3. The van der Waals surface area contributed by atoms with E-state index in [4.69, 9.17) is 9.15 Å². The molecule has 0 saturated heterocycles. The second-order valence-corrected chi connectivity index (χ2v) is 7.03. The summed E-state index contributed by atoms with van der Waals surface area (Å²) in [6, 6.07) is 25.0. The molecule has 0 bridgehead atoms. The summed E-state index contributed by atoms with van der Waals surface area (Å²) in [5.74, 6) is 0.102. The van der Waals surface area contributed by atoms with E-state index < -0.39 is 5.82 Å². The molecule has 0 spiro atoms. The van der Waals surface area contributed by atoms with Crippen molar-refractivity contribution in [3.63, 3.8) is 0 Å². The highest BCUT2D eigenvalue weighted by atomic mass is 19.1. The number of carbonyl (C=O) groups excluding carboxylic acids is 1. The van der Waals surface area contributed by atoms with Gasteiger partial charge in [-0.05, 0) is 53.2 Å². The Balaban J connectivity index is 1.28. The number of aromatic nitrogens is 1. The van der Waals surface area contributed by atoms with Gasteiger partial charge in [0.1, 0.15) is 17.1 Å². The average molecular weight is 412 g/mol. The zero-order valence-corrected chi connectivity index (χ0v) is 16.3. The molecule has 5 nitrogen and oxygen atoms in total. The molecule has 0 saturated carbocycles. The number of benzene rings is 4. The molecule has 31 heavy (non-hydrogen) atoms. The Labute approximate surface area is 177 Å². The fourth-order valence-electron chi connectivity index (χ4n) is 3.36. The van der Waals surface area contributed by atoms with Gasteiger partial charge in [0.2, 0.25) is 5.89 Å². The quantitative estimate of drug-likeness (QED) is 0.396.